The fraction of sp³-hybridized carbons (Fsp3) is 1.00. The van der Waals surface area contributed by atoms with Gasteiger partial charge in [0.25, 0.3) is 0 Å². The maximum atomic E-state index is 10.9. The molecule has 0 aliphatic carbocycles. The molecular formula is C18H37NO5. The number of likely N-dealkylation sites (N-methyl/N-ethyl adjacent to an activating group) is 1. The predicted octanol–water partition coefficient (Wildman–Crippen LogP) is 1.30. The van der Waals surface area contributed by atoms with E-state index in [-0.39, 0.29) is 0 Å². The molecule has 1 rings (SSSR count). The molecular weight excluding hydrogens is 310 g/mol. The number of nitrogens with one attached hydrogen (secondary N) is 1. The number of aliphatic hydroxyl groups is 4. The smallest absolute Gasteiger partial charge is 0.184 e. The molecule has 0 amide bonds. The van der Waals surface area contributed by atoms with Gasteiger partial charge in [-0.3, -0.25) is 0 Å². The highest BCUT2D eigenvalue weighted by Crippen LogP contribution is 2.32. The summed E-state index contributed by atoms with van der Waals surface area (Å²) < 4.78 is 5.56. The summed E-state index contributed by atoms with van der Waals surface area (Å²) in [6.07, 6.45) is 6.22. The van der Waals surface area contributed by atoms with Crippen LogP contribution in [0.15, 0.2) is 0 Å². The summed E-state index contributed by atoms with van der Waals surface area (Å²) in [5.41, 5.74) is 0. The SMILES string of the molecule is CCCCCCCCCCC1(O)O[C@H](CO)[C@@H](O)[C@H](O)[C@H]1NCC. The van der Waals surface area contributed by atoms with Gasteiger partial charge in [0.05, 0.1) is 12.6 Å². The van der Waals surface area contributed by atoms with E-state index < -0.39 is 36.7 Å². The molecule has 0 bridgehead atoms. The molecule has 0 aromatic rings. The van der Waals surface area contributed by atoms with Gasteiger partial charge in [-0.1, -0.05) is 58.8 Å². The van der Waals surface area contributed by atoms with Crippen molar-refractivity contribution < 1.29 is 25.2 Å². The van der Waals surface area contributed by atoms with Crippen LogP contribution in [-0.4, -0.2) is 63.7 Å². The van der Waals surface area contributed by atoms with Crippen LogP contribution in [0.3, 0.4) is 0 Å². The normalized spacial score (nSPS) is 33.8. The van der Waals surface area contributed by atoms with Gasteiger partial charge < -0.3 is 30.5 Å². The van der Waals surface area contributed by atoms with Crippen molar-refractivity contribution in [2.75, 3.05) is 13.2 Å². The number of aliphatic hydroxyl groups excluding tert-OH is 3. The number of rotatable bonds is 12. The summed E-state index contributed by atoms with van der Waals surface area (Å²) in [6, 6.07) is -0.759. The van der Waals surface area contributed by atoms with Crippen LogP contribution in [0.1, 0.15) is 71.6 Å². The lowest BCUT2D eigenvalue weighted by Gasteiger charge is -2.48. The topological polar surface area (TPSA) is 102 Å². The van der Waals surface area contributed by atoms with E-state index in [4.69, 9.17) is 4.74 Å². The van der Waals surface area contributed by atoms with Crippen molar-refractivity contribution in [3.05, 3.63) is 0 Å². The van der Waals surface area contributed by atoms with Crippen molar-refractivity contribution in [3.63, 3.8) is 0 Å². The largest absolute Gasteiger partial charge is 0.394 e. The maximum absolute atomic E-state index is 10.9. The quantitative estimate of drug-likeness (QED) is 0.341. The maximum Gasteiger partial charge on any atom is 0.184 e. The number of unbranched alkanes of at least 4 members (excludes halogenated alkanes) is 7. The summed E-state index contributed by atoms with van der Waals surface area (Å²) in [6.45, 7) is 4.18. The lowest BCUT2D eigenvalue weighted by atomic mass is 9.87. The van der Waals surface area contributed by atoms with E-state index in [0.717, 1.165) is 19.3 Å². The number of hydrogen-bond acceptors (Lipinski definition) is 6. The van der Waals surface area contributed by atoms with Crippen molar-refractivity contribution in [1.29, 1.82) is 0 Å². The first-order chi connectivity index (χ1) is 11.5. The van der Waals surface area contributed by atoms with Crippen LogP contribution in [0.2, 0.25) is 0 Å². The van der Waals surface area contributed by atoms with Crippen LogP contribution in [0.5, 0.6) is 0 Å². The Morgan fingerprint density at radius 3 is 2.04 bits per heavy atom. The molecule has 0 spiro atoms. The molecule has 1 fully saturated rings. The molecule has 6 nitrogen and oxygen atoms in total. The Morgan fingerprint density at radius 1 is 0.917 bits per heavy atom. The third kappa shape index (κ3) is 6.24. The van der Waals surface area contributed by atoms with E-state index >= 15 is 0 Å². The van der Waals surface area contributed by atoms with E-state index in [1.165, 1.54) is 32.1 Å². The summed E-state index contributed by atoms with van der Waals surface area (Å²) >= 11 is 0. The molecule has 1 unspecified atom stereocenters. The summed E-state index contributed by atoms with van der Waals surface area (Å²) in [5, 5.41) is 43.4. The highest BCUT2D eigenvalue weighted by Gasteiger charge is 2.52. The molecule has 0 aromatic heterocycles. The minimum Gasteiger partial charge on any atom is -0.394 e. The Balaban J connectivity index is 2.45. The van der Waals surface area contributed by atoms with E-state index in [1.807, 2.05) is 6.92 Å². The molecule has 1 heterocycles. The molecule has 5 atom stereocenters. The van der Waals surface area contributed by atoms with Gasteiger partial charge in [0, 0.05) is 6.42 Å². The summed E-state index contributed by atoms with van der Waals surface area (Å²) in [7, 11) is 0. The second kappa shape index (κ2) is 11.4. The van der Waals surface area contributed by atoms with Gasteiger partial charge in [0.2, 0.25) is 0 Å². The van der Waals surface area contributed by atoms with Crippen molar-refractivity contribution in [2.24, 2.45) is 0 Å². The van der Waals surface area contributed by atoms with Gasteiger partial charge in [-0.2, -0.15) is 0 Å². The van der Waals surface area contributed by atoms with E-state index in [9.17, 15) is 20.4 Å². The Labute approximate surface area is 146 Å². The van der Waals surface area contributed by atoms with E-state index in [0.29, 0.717) is 13.0 Å². The summed E-state index contributed by atoms with van der Waals surface area (Å²) in [5.74, 6) is -1.57. The highest BCUT2D eigenvalue weighted by atomic mass is 16.6. The molecule has 0 aromatic carbocycles. The second-order valence-electron chi connectivity index (χ2n) is 6.93. The molecule has 0 radical (unpaired) electrons. The Kier molecular flexibility index (Phi) is 10.3. The van der Waals surface area contributed by atoms with Crippen LogP contribution < -0.4 is 5.32 Å². The molecule has 24 heavy (non-hydrogen) atoms. The van der Waals surface area contributed by atoms with Crippen molar-refractivity contribution >= 4 is 0 Å². The first-order valence-corrected chi connectivity index (χ1v) is 9.60. The number of hydrogen-bond donors (Lipinski definition) is 5. The first kappa shape index (κ1) is 21.8. The van der Waals surface area contributed by atoms with Crippen molar-refractivity contribution in [1.82, 2.24) is 5.32 Å². The third-order valence-corrected chi connectivity index (χ3v) is 4.91. The minimum atomic E-state index is -1.57. The Morgan fingerprint density at radius 2 is 1.50 bits per heavy atom. The van der Waals surface area contributed by atoms with Crippen LogP contribution in [0, 0.1) is 0 Å². The lowest BCUT2D eigenvalue weighted by Crippen LogP contribution is -2.69. The zero-order valence-corrected chi connectivity index (χ0v) is 15.3. The predicted molar refractivity (Wildman–Crippen MR) is 93.6 cm³/mol. The highest BCUT2D eigenvalue weighted by molar-refractivity contribution is 5.00. The third-order valence-electron chi connectivity index (χ3n) is 4.91. The Hall–Kier alpha value is -0.240. The zero-order valence-electron chi connectivity index (χ0n) is 15.3. The molecule has 1 saturated heterocycles. The van der Waals surface area contributed by atoms with Crippen LogP contribution in [0.4, 0.5) is 0 Å². The first-order valence-electron chi connectivity index (χ1n) is 9.60. The zero-order chi connectivity index (χ0) is 18.0. The van der Waals surface area contributed by atoms with Crippen LogP contribution >= 0.6 is 0 Å². The minimum absolute atomic E-state index is 0.375. The molecule has 144 valence electrons. The van der Waals surface area contributed by atoms with Gasteiger partial charge in [-0.05, 0) is 13.0 Å². The standard InChI is InChI=1S/C18H37NO5/c1-3-5-6-7-8-9-10-11-12-18(23)17(19-4-2)16(22)15(21)14(13-20)24-18/h14-17,19-23H,3-13H2,1-2H3/t14-,15-,16+,17-,18?/m1/s1. The lowest BCUT2D eigenvalue weighted by molar-refractivity contribution is -0.321. The molecule has 5 N–H and O–H groups in total. The average molecular weight is 347 g/mol. The van der Waals surface area contributed by atoms with Gasteiger partial charge in [-0.15, -0.1) is 0 Å². The monoisotopic (exact) mass is 347 g/mol. The average Bonchev–Trinajstić information content (AvgIpc) is 2.57. The van der Waals surface area contributed by atoms with Gasteiger partial charge in [-0.25, -0.2) is 0 Å². The van der Waals surface area contributed by atoms with Crippen molar-refractivity contribution in [2.45, 2.75) is 102 Å². The fourth-order valence-corrected chi connectivity index (χ4v) is 3.46. The molecule has 0 saturated carbocycles. The molecule has 1 aliphatic rings. The van der Waals surface area contributed by atoms with Gasteiger partial charge in [0.15, 0.2) is 5.79 Å². The van der Waals surface area contributed by atoms with Gasteiger partial charge >= 0.3 is 0 Å². The van der Waals surface area contributed by atoms with Crippen LogP contribution in [-0.2, 0) is 4.74 Å². The fourth-order valence-electron chi connectivity index (χ4n) is 3.46. The van der Waals surface area contributed by atoms with E-state index in [1.54, 1.807) is 0 Å². The van der Waals surface area contributed by atoms with Crippen LogP contribution in [0.25, 0.3) is 0 Å². The van der Waals surface area contributed by atoms with Crippen molar-refractivity contribution in [3.8, 4) is 0 Å². The number of ether oxygens (including phenoxy) is 1. The molecule has 6 heteroatoms. The van der Waals surface area contributed by atoms with Gasteiger partial charge in [0.1, 0.15) is 18.3 Å². The Bertz CT molecular complexity index is 331. The van der Waals surface area contributed by atoms with E-state index in [2.05, 4.69) is 12.2 Å². The second-order valence-corrected chi connectivity index (χ2v) is 6.93. The summed E-state index contributed by atoms with van der Waals surface area (Å²) in [4.78, 5) is 0. The molecule has 1 aliphatic heterocycles.